The molecule has 1 aliphatic heterocycles. The first-order chi connectivity index (χ1) is 22.1. The zero-order valence-corrected chi connectivity index (χ0v) is 25.9. The van der Waals surface area contributed by atoms with E-state index in [1.54, 1.807) is 36.5 Å². The Hall–Kier alpha value is -4.79. The number of carbonyl (C=O) groups is 2. The van der Waals surface area contributed by atoms with Gasteiger partial charge in [0.05, 0.1) is 24.1 Å². The van der Waals surface area contributed by atoms with Crippen molar-refractivity contribution >= 4 is 38.4 Å². The number of carbonyl (C=O) groups excluding carboxylic acids is 2. The number of halogens is 1. The highest BCUT2D eigenvalue weighted by Gasteiger charge is 2.22. The highest BCUT2D eigenvalue weighted by molar-refractivity contribution is 7.89. The Morgan fingerprint density at radius 2 is 1.78 bits per heavy atom. The molecule has 0 aliphatic carbocycles. The Morgan fingerprint density at radius 3 is 2.48 bits per heavy atom. The van der Waals surface area contributed by atoms with Crippen LogP contribution in [0.15, 0.2) is 71.8 Å². The molecule has 1 aliphatic rings. The number of aromatic nitrogens is 1. The molecule has 0 saturated carbocycles. The molecule has 1 fully saturated rings. The van der Waals surface area contributed by atoms with Gasteiger partial charge in [-0.2, -0.15) is 0 Å². The number of primary sulfonamides is 1. The van der Waals surface area contributed by atoms with Gasteiger partial charge in [0.2, 0.25) is 15.8 Å². The lowest BCUT2D eigenvalue weighted by molar-refractivity contribution is -0.136. The number of amides is 2. The van der Waals surface area contributed by atoms with Crippen LogP contribution in [0.2, 0.25) is 0 Å². The quantitative estimate of drug-likeness (QED) is 0.177. The van der Waals surface area contributed by atoms with Gasteiger partial charge in [0.25, 0.3) is 0 Å². The number of anilines is 1. The minimum absolute atomic E-state index is 0.0293. The third-order valence-corrected chi connectivity index (χ3v) is 8.41. The van der Waals surface area contributed by atoms with Crippen LogP contribution >= 0.6 is 0 Å². The molecule has 14 heteroatoms. The van der Waals surface area contributed by atoms with Crippen LogP contribution in [0.3, 0.4) is 0 Å². The standard InChI is InChI=1S/C32H34FN5O7S/c1-43-30-28(44-19-21-10-14-35-15-11-21)18-26-24(3-2-13-36-26)29(30)45-27-9-6-22(17-25(27)33)38-32(40)31(39)37-16-12-20-4-7-23(8-5-20)46(34,41)42/h2-9,13,17-18,21,35H,10-12,14-16,19H2,1H3,(H,37,39)(H,38,40)(H2,34,41,42). The van der Waals surface area contributed by atoms with E-state index in [-0.39, 0.29) is 28.6 Å². The molecule has 0 atom stereocenters. The Labute approximate surface area is 265 Å². The lowest BCUT2D eigenvalue weighted by atomic mass is 9.99. The van der Waals surface area contributed by atoms with Gasteiger partial charge in [0, 0.05) is 35.9 Å². The van der Waals surface area contributed by atoms with Crippen molar-refractivity contribution in [2.45, 2.75) is 24.2 Å². The van der Waals surface area contributed by atoms with E-state index in [1.807, 2.05) is 0 Å². The molecular weight excluding hydrogens is 617 g/mol. The van der Waals surface area contributed by atoms with Crippen molar-refractivity contribution in [2.75, 3.05) is 38.7 Å². The smallest absolute Gasteiger partial charge is 0.313 e. The molecule has 5 N–H and O–H groups in total. The van der Waals surface area contributed by atoms with E-state index in [2.05, 4.69) is 20.9 Å². The molecule has 2 amide bonds. The van der Waals surface area contributed by atoms with E-state index < -0.39 is 27.7 Å². The largest absolute Gasteiger partial charge is 0.490 e. The molecule has 5 rings (SSSR count). The molecule has 4 aromatic rings. The number of nitrogens with two attached hydrogens (primary N) is 1. The van der Waals surface area contributed by atoms with Crippen molar-refractivity contribution in [3.8, 4) is 23.0 Å². The number of piperidine rings is 1. The van der Waals surface area contributed by atoms with Gasteiger partial charge in [-0.05, 0) is 80.2 Å². The SMILES string of the molecule is COc1c(OCC2CCNCC2)cc2ncccc2c1Oc1ccc(NC(=O)C(=O)NCCc2ccc(S(N)(=O)=O)cc2)cc1F. The van der Waals surface area contributed by atoms with E-state index in [4.69, 9.17) is 19.3 Å². The predicted molar refractivity (Wildman–Crippen MR) is 169 cm³/mol. The Kier molecular flexibility index (Phi) is 10.3. The van der Waals surface area contributed by atoms with Crippen molar-refractivity contribution in [3.63, 3.8) is 0 Å². The molecule has 3 aromatic carbocycles. The van der Waals surface area contributed by atoms with Crippen LogP contribution < -0.4 is 35.3 Å². The van der Waals surface area contributed by atoms with E-state index in [9.17, 15) is 18.0 Å². The summed E-state index contributed by atoms with van der Waals surface area (Å²) >= 11 is 0. The number of nitrogens with one attached hydrogen (secondary N) is 3. The lowest BCUT2D eigenvalue weighted by Crippen LogP contribution is -2.36. The van der Waals surface area contributed by atoms with Crippen molar-refractivity contribution in [1.82, 2.24) is 15.6 Å². The van der Waals surface area contributed by atoms with E-state index in [0.29, 0.717) is 41.3 Å². The first kappa shape index (κ1) is 32.6. The molecule has 12 nitrogen and oxygen atoms in total. The minimum Gasteiger partial charge on any atom is -0.490 e. The first-order valence-electron chi connectivity index (χ1n) is 14.6. The highest BCUT2D eigenvalue weighted by atomic mass is 32.2. The van der Waals surface area contributed by atoms with Crippen LogP contribution in [-0.4, -0.2) is 58.6 Å². The summed E-state index contributed by atoms with van der Waals surface area (Å²) in [6, 6.07) is 14.9. The molecule has 46 heavy (non-hydrogen) atoms. The van der Waals surface area contributed by atoms with Crippen LogP contribution in [0.25, 0.3) is 10.9 Å². The number of benzene rings is 3. The van der Waals surface area contributed by atoms with Gasteiger partial charge in [-0.25, -0.2) is 17.9 Å². The molecule has 0 unspecified atom stereocenters. The summed E-state index contributed by atoms with van der Waals surface area (Å²) in [4.78, 5) is 29.2. The van der Waals surface area contributed by atoms with Crippen molar-refractivity contribution in [2.24, 2.45) is 11.1 Å². The lowest BCUT2D eigenvalue weighted by Gasteiger charge is -2.24. The number of pyridine rings is 1. The molecule has 1 saturated heterocycles. The summed E-state index contributed by atoms with van der Waals surface area (Å²) in [5.74, 6) is -1.52. The number of fused-ring (bicyclic) bond motifs is 1. The molecule has 0 radical (unpaired) electrons. The normalized spacial score (nSPS) is 13.6. The summed E-state index contributed by atoms with van der Waals surface area (Å²) < 4.78 is 55.9. The van der Waals surface area contributed by atoms with Crippen molar-refractivity contribution in [1.29, 1.82) is 0 Å². The van der Waals surface area contributed by atoms with Gasteiger partial charge in [0.15, 0.2) is 23.1 Å². The van der Waals surface area contributed by atoms with Crippen molar-refractivity contribution < 1.29 is 36.6 Å². The first-order valence-corrected chi connectivity index (χ1v) is 16.1. The molecule has 2 heterocycles. The summed E-state index contributed by atoms with van der Waals surface area (Å²) in [5.41, 5.74) is 1.35. The third-order valence-electron chi connectivity index (χ3n) is 7.48. The van der Waals surface area contributed by atoms with Crippen LogP contribution in [0, 0.1) is 11.7 Å². The van der Waals surface area contributed by atoms with Crippen LogP contribution in [0.4, 0.5) is 10.1 Å². The van der Waals surface area contributed by atoms with Crippen LogP contribution in [-0.2, 0) is 26.0 Å². The molecule has 242 valence electrons. The van der Waals surface area contributed by atoms with Gasteiger partial charge in [-0.1, -0.05) is 12.1 Å². The van der Waals surface area contributed by atoms with Gasteiger partial charge in [-0.15, -0.1) is 0 Å². The molecule has 1 aromatic heterocycles. The van der Waals surface area contributed by atoms with E-state index >= 15 is 4.39 Å². The Balaban J connectivity index is 1.23. The second kappa shape index (κ2) is 14.5. The maximum Gasteiger partial charge on any atom is 0.313 e. The summed E-state index contributed by atoms with van der Waals surface area (Å²) in [6.45, 7) is 2.45. The van der Waals surface area contributed by atoms with Crippen LogP contribution in [0.1, 0.15) is 18.4 Å². The average molecular weight is 652 g/mol. The maximum atomic E-state index is 15.3. The number of nitrogens with zero attached hydrogens (tertiary/aromatic N) is 1. The Bertz CT molecular complexity index is 1830. The summed E-state index contributed by atoms with van der Waals surface area (Å²) in [6.07, 6.45) is 3.96. The topological polar surface area (TPSA) is 171 Å². The molecular formula is C32H34FN5O7S. The number of rotatable bonds is 11. The maximum absolute atomic E-state index is 15.3. The fourth-order valence-electron chi connectivity index (χ4n) is 5.01. The number of methoxy groups -OCH3 is 1. The summed E-state index contributed by atoms with van der Waals surface area (Å²) in [7, 11) is -2.33. The second-order valence-electron chi connectivity index (χ2n) is 10.7. The number of hydrogen-bond donors (Lipinski definition) is 4. The van der Waals surface area contributed by atoms with Gasteiger partial charge < -0.3 is 30.2 Å². The number of ether oxygens (including phenoxy) is 3. The molecule has 0 spiro atoms. The fourth-order valence-corrected chi connectivity index (χ4v) is 5.53. The predicted octanol–water partition coefficient (Wildman–Crippen LogP) is 3.50. The molecule has 0 bridgehead atoms. The van der Waals surface area contributed by atoms with Crippen LogP contribution in [0.5, 0.6) is 23.0 Å². The van der Waals surface area contributed by atoms with Gasteiger partial charge >= 0.3 is 11.8 Å². The second-order valence-corrected chi connectivity index (χ2v) is 12.3. The summed E-state index contributed by atoms with van der Waals surface area (Å²) in [5, 5.41) is 13.9. The minimum atomic E-state index is -3.81. The Morgan fingerprint density at radius 1 is 1.02 bits per heavy atom. The zero-order valence-electron chi connectivity index (χ0n) is 25.0. The third kappa shape index (κ3) is 8.07. The van der Waals surface area contributed by atoms with E-state index in [0.717, 1.165) is 37.6 Å². The highest BCUT2D eigenvalue weighted by Crippen LogP contribution is 2.45. The number of sulfonamides is 1. The van der Waals surface area contributed by atoms with Gasteiger partial charge in [0.1, 0.15) is 0 Å². The average Bonchev–Trinajstić information content (AvgIpc) is 3.05. The van der Waals surface area contributed by atoms with Crippen molar-refractivity contribution in [3.05, 3.63) is 78.2 Å². The fraction of sp³-hybridized carbons (Fsp3) is 0.281. The van der Waals surface area contributed by atoms with E-state index in [1.165, 1.54) is 31.4 Å². The number of hydrogen-bond acceptors (Lipinski definition) is 9. The van der Waals surface area contributed by atoms with Gasteiger partial charge in [-0.3, -0.25) is 14.6 Å². The zero-order chi connectivity index (χ0) is 32.7. The monoisotopic (exact) mass is 651 g/mol.